The number of hydrogen-bond acceptors (Lipinski definition) is 3. The van der Waals surface area contributed by atoms with Crippen molar-refractivity contribution in [1.29, 1.82) is 0 Å². The smallest absolute Gasteiger partial charge is 0.0887 e. The van der Waals surface area contributed by atoms with Crippen molar-refractivity contribution in [3.63, 3.8) is 0 Å². The van der Waals surface area contributed by atoms with E-state index in [1.165, 1.54) is 18.4 Å². The molecule has 0 aliphatic rings. The summed E-state index contributed by atoms with van der Waals surface area (Å²) in [5, 5.41) is 3.45. The van der Waals surface area contributed by atoms with Gasteiger partial charge in [0.1, 0.15) is 0 Å². The third-order valence-corrected chi connectivity index (χ3v) is 2.85. The summed E-state index contributed by atoms with van der Waals surface area (Å²) in [6, 6.07) is 4.18. The molecule has 0 unspecified atom stereocenters. The number of ether oxygens (including phenoxy) is 1. The van der Waals surface area contributed by atoms with Gasteiger partial charge in [0.05, 0.1) is 12.3 Å². The van der Waals surface area contributed by atoms with Gasteiger partial charge < -0.3 is 10.1 Å². The summed E-state index contributed by atoms with van der Waals surface area (Å²) < 4.78 is 5.60. The molecule has 1 N–H and O–H groups in total. The fraction of sp³-hybridized carbons (Fsp3) is 0.688. The summed E-state index contributed by atoms with van der Waals surface area (Å²) in [4.78, 5) is 4.43. The number of unbranched alkanes of at least 4 members (excludes halogenated alkanes) is 2. The standard InChI is InChI=1S/C16H28N2O/c1-5-6-7-10-19-13-15-9-8-14(11-17-15)12-18-16(2,3)4/h8-9,11,18H,5-7,10,12-13H2,1-4H3. The number of hydrogen-bond donors (Lipinski definition) is 1. The van der Waals surface area contributed by atoms with E-state index in [9.17, 15) is 0 Å². The second-order valence-electron chi connectivity index (χ2n) is 6.02. The number of nitrogens with zero attached hydrogens (tertiary/aromatic N) is 1. The van der Waals surface area contributed by atoms with E-state index in [1.807, 2.05) is 6.20 Å². The highest BCUT2D eigenvalue weighted by Crippen LogP contribution is 2.06. The molecule has 0 fully saturated rings. The minimum Gasteiger partial charge on any atom is -0.375 e. The summed E-state index contributed by atoms with van der Waals surface area (Å²) >= 11 is 0. The predicted octanol–water partition coefficient (Wildman–Crippen LogP) is 3.68. The Balaban J connectivity index is 2.27. The van der Waals surface area contributed by atoms with Gasteiger partial charge in [-0.15, -0.1) is 0 Å². The second kappa shape index (κ2) is 8.28. The number of pyridine rings is 1. The molecule has 0 aliphatic carbocycles. The van der Waals surface area contributed by atoms with Crippen molar-refractivity contribution in [2.75, 3.05) is 6.61 Å². The van der Waals surface area contributed by atoms with Crippen LogP contribution >= 0.6 is 0 Å². The monoisotopic (exact) mass is 264 g/mol. The lowest BCUT2D eigenvalue weighted by molar-refractivity contribution is 0.114. The molecular formula is C16H28N2O. The minimum atomic E-state index is 0.140. The Morgan fingerprint density at radius 1 is 1.21 bits per heavy atom. The van der Waals surface area contributed by atoms with E-state index in [0.717, 1.165) is 25.3 Å². The first kappa shape index (κ1) is 16.1. The van der Waals surface area contributed by atoms with Crippen molar-refractivity contribution in [1.82, 2.24) is 10.3 Å². The van der Waals surface area contributed by atoms with E-state index in [4.69, 9.17) is 4.74 Å². The van der Waals surface area contributed by atoms with Crippen LogP contribution in [0.2, 0.25) is 0 Å². The molecule has 0 aliphatic heterocycles. The zero-order valence-corrected chi connectivity index (χ0v) is 12.8. The normalized spacial score (nSPS) is 11.8. The Morgan fingerprint density at radius 2 is 2.00 bits per heavy atom. The molecule has 0 saturated heterocycles. The fourth-order valence-electron chi connectivity index (χ4n) is 1.64. The van der Waals surface area contributed by atoms with Crippen LogP contribution < -0.4 is 5.32 Å². The van der Waals surface area contributed by atoms with Crippen LogP contribution in [0.15, 0.2) is 18.3 Å². The lowest BCUT2D eigenvalue weighted by Crippen LogP contribution is -2.35. The highest BCUT2D eigenvalue weighted by molar-refractivity contribution is 5.13. The van der Waals surface area contributed by atoms with Crippen LogP contribution in [0.3, 0.4) is 0 Å². The van der Waals surface area contributed by atoms with Gasteiger partial charge in [-0.3, -0.25) is 4.98 Å². The van der Waals surface area contributed by atoms with Gasteiger partial charge in [-0.25, -0.2) is 0 Å². The molecule has 0 saturated carbocycles. The van der Waals surface area contributed by atoms with Crippen molar-refractivity contribution in [2.45, 2.75) is 65.6 Å². The molecule has 0 radical (unpaired) electrons. The topological polar surface area (TPSA) is 34.1 Å². The van der Waals surface area contributed by atoms with E-state index >= 15 is 0 Å². The van der Waals surface area contributed by atoms with E-state index in [2.05, 4.69) is 50.1 Å². The summed E-state index contributed by atoms with van der Waals surface area (Å²) in [7, 11) is 0. The number of nitrogens with one attached hydrogen (secondary N) is 1. The molecule has 1 aromatic rings. The van der Waals surface area contributed by atoms with Crippen molar-refractivity contribution in [3.05, 3.63) is 29.6 Å². The summed E-state index contributed by atoms with van der Waals surface area (Å²) in [6.07, 6.45) is 5.55. The van der Waals surface area contributed by atoms with Crippen molar-refractivity contribution in [2.24, 2.45) is 0 Å². The zero-order valence-electron chi connectivity index (χ0n) is 12.8. The first-order chi connectivity index (χ1) is 9.01. The Kier molecular flexibility index (Phi) is 7.03. The molecule has 0 amide bonds. The molecule has 1 heterocycles. The third-order valence-electron chi connectivity index (χ3n) is 2.85. The molecule has 1 aromatic heterocycles. The van der Waals surface area contributed by atoms with Crippen molar-refractivity contribution < 1.29 is 4.74 Å². The molecular weight excluding hydrogens is 236 g/mol. The second-order valence-corrected chi connectivity index (χ2v) is 6.02. The lowest BCUT2D eigenvalue weighted by atomic mass is 10.1. The van der Waals surface area contributed by atoms with Gasteiger partial charge in [-0.05, 0) is 38.8 Å². The van der Waals surface area contributed by atoms with Crippen LogP contribution in [0.25, 0.3) is 0 Å². The average molecular weight is 264 g/mol. The SMILES string of the molecule is CCCCCOCc1ccc(CNC(C)(C)C)cn1. The first-order valence-electron chi connectivity index (χ1n) is 7.28. The van der Waals surface area contributed by atoms with Gasteiger partial charge in [0.2, 0.25) is 0 Å². The number of rotatable bonds is 8. The Morgan fingerprint density at radius 3 is 2.58 bits per heavy atom. The van der Waals surface area contributed by atoms with E-state index in [-0.39, 0.29) is 5.54 Å². The molecule has 3 heteroatoms. The maximum absolute atomic E-state index is 5.60. The minimum absolute atomic E-state index is 0.140. The maximum Gasteiger partial charge on any atom is 0.0887 e. The zero-order chi connectivity index (χ0) is 14.1. The molecule has 1 rings (SSSR count). The highest BCUT2D eigenvalue weighted by Gasteiger charge is 2.08. The fourth-order valence-corrected chi connectivity index (χ4v) is 1.64. The Bertz CT molecular complexity index is 341. The summed E-state index contributed by atoms with van der Waals surface area (Å²) in [6.45, 7) is 11.0. The van der Waals surface area contributed by atoms with Crippen LogP contribution in [0.5, 0.6) is 0 Å². The quantitative estimate of drug-likeness (QED) is 0.727. The van der Waals surface area contributed by atoms with Gasteiger partial charge >= 0.3 is 0 Å². The summed E-state index contributed by atoms with van der Waals surface area (Å²) in [5.41, 5.74) is 2.36. The van der Waals surface area contributed by atoms with Gasteiger partial charge in [-0.1, -0.05) is 25.8 Å². The van der Waals surface area contributed by atoms with Gasteiger partial charge in [-0.2, -0.15) is 0 Å². The molecule has 0 atom stereocenters. The van der Waals surface area contributed by atoms with Crippen LogP contribution in [0.1, 0.15) is 58.2 Å². The molecule has 0 aromatic carbocycles. The summed E-state index contributed by atoms with van der Waals surface area (Å²) in [5.74, 6) is 0. The Hall–Kier alpha value is -0.930. The Labute approximate surface area is 117 Å². The van der Waals surface area contributed by atoms with Crippen LogP contribution in [0.4, 0.5) is 0 Å². The molecule has 19 heavy (non-hydrogen) atoms. The van der Waals surface area contributed by atoms with E-state index in [1.54, 1.807) is 0 Å². The van der Waals surface area contributed by atoms with Crippen LogP contribution in [-0.2, 0) is 17.9 Å². The van der Waals surface area contributed by atoms with Gasteiger partial charge in [0.25, 0.3) is 0 Å². The van der Waals surface area contributed by atoms with E-state index in [0.29, 0.717) is 6.61 Å². The van der Waals surface area contributed by atoms with Gasteiger partial charge in [0, 0.05) is 24.9 Å². The van der Waals surface area contributed by atoms with E-state index < -0.39 is 0 Å². The van der Waals surface area contributed by atoms with Crippen LogP contribution in [-0.4, -0.2) is 17.1 Å². The maximum atomic E-state index is 5.60. The van der Waals surface area contributed by atoms with Crippen molar-refractivity contribution in [3.8, 4) is 0 Å². The first-order valence-corrected chi connectivity index (χ1v) is 7.28. The number of aromatic nitrogens is 1. The largest absolute Gasteiger partial charge is 0.375 e. The lowest BCUT2D eigenvalue weighted by Gasteiger charge is -2.20. The molecule has 108 valence electrons. The molecule has 0 spiro atoms. The molecule has 3 nitrogen and oxygen atoms in total. The van der Waals surface area contributed by atoms with Crippen molar-refractivity contribution >= 4 is 0 Å². The van der Waals surface area contributed by atoms with Crippen LogP contribution in [0, 0.1) is 0 Å². The van der Waals surface area contributed by atoms with Gasteiger partial charge in [0.15, 0.2) is 0 Å². The predicted molar refractivity (Wildman–Crippen MR) is 80.0 cm³/mol. The molecule has 0 bridgehead atoms. The average Bonchev–Trinajstić information content (AvgIpc) is 2.37. The third kappa shape index (κ3) is 7.96. The highest BCUT2D eigenvalue weighted by atomic mass is 16.5.